The maximum absolute atomic E-state index is 11.0. The third-order valence-electron chi connectivity index (χ3n) is 2.27. The van der Waals surface area contributed by atoms with E-state index in [1.54, 1.807) is 0 Å². The maximum atomic E-state index is 11.0. The molecule has 0 saturated carbocycles. The van der Waals surface area contributed by atoms with Gasteiger partial charge in [0.05, 0.1) is 5.92 Å². The minimum Gasteiger partial charge on any atom is -0.481 e. The van der Waals surface area contributed by atoms with Crippen LogP contribution in [-0.4, -0.2) is 30.6 Å². The van der Waals surface area contributed by atoms with E-state index >= 15 is 0 Å². The molecule has 0 bridgehead atoms. The fourth-order valence-corrected chi connectivity index (χ4v) is 1.42. The zero-order chi connectivity index (χ0) is 11.8. The third kappa shape index (κ3) is 5.74. The van der Waals surface area contributed by atoms with Gasteiger partial charge in [0.25, 0.3) is 0 Å². The van der Waals surface area contributed by atoms with E-state index in [0.717, 1.165) is 0 Å². The lowest BCUT2D eigenvalue weighted by Crippen LogP contribution is -2.28. The predicted molar refractivity (Wildman–Crippen MR) is 57.6 cm³/mol. The molecule has 0 aromatic rings. The normalized spacial score (nSPS) is 13.5. The van der Waals surface area contributed by atoms with Crippen LogP contribution >= 0.6 is 0 Å². The minimum atomic E-state index is -0.783. The van der Waals surface area contributed by atoms with Crippen LogP contribution in [0.5, 0.6) is 0 Å². The van der Waals surface area contributed by atoms with Crippen molar-refractivity contribution in [3.63, 3.8) is 0 Å². The van der Waals surface area contributed by atoms with Crippen LogP contribution in [0.15, 0.2) is 0 Å². The lowest BCUT2D eigenvalue weighted by atomic mass is 9.92. The van der Waals surface area contributed by atoms with Crippen molar-refractivity contribution in [2.75, 3.05) is 13.2 Å². The van der Waals surface area contributed by atoms with E-state index in [4.69, 9.17) is 14.6 Å². The number of ether oxygens (including phenoxy) is 2. The second-order valence-corrected chi connectivity index (χ2v) is 3.76. The Balaban J connectivity index is 4.25. The van der Waals surface area contributed by atoms with Crippen molar-refractivity contribution in [1.82, 2.24) is 0 Å². The first kappa shape index (κ1) is 14.4. The van der Waals surface area contributed by atoms with Gasteiger partial charge in [0, 0.05) is 19.6 Å². The van der Waals surface area contributed by atoms with Gasteiger partial charge in [0.1, 0.15) is 0 Å². The highest BCUT2D eigenvalue weighted by atomic mass is 16.7. The van der Waals surface area contributed by atoms with Gasteiger partial charge in [-0.2, -0.15) is 0 Å². The minimum absolute atomic E-state index is 0.0888. The summed E-state index contributed by atoms with van der Waals surface area (Å²) in [7, 11) is 0. The zero-order valence-corrected chi connectivity index (χ0v) is 10.0. The molecule has 0 saturated heterocycles. The highest BCUT2D eigenvalue weighted by Crippen LogP contribution is 2.19. The van der Waals surface area contributed by atoms with Crippen LogP contribution in [-0.2, 0) is 14.3 Å². The molecule has 0 aliphatic carbocycles. The Morgan fingerprint density at radius 1 is 1.20 bits per heavy atom. The van der Waals surface area contributed by atoms with Crippen LogP contribution in [0.2, 0.25) is 0 Å². The average Bonchev–Trinajstić information content (AvgIpc) is 2.13. The maximum Gasteiger partial charge on any atom is 0.306 e. The summed E-state index contributed by atoms with van der Waals surface area (Å²) in [4.78, 5) is 11.0. The van der Waals surface area contributed by atoms with Gasteiger partial charge in [-0.3, -0.25) is 4.79 Å². The third-order valence-corrected chi connectivity index (χ3v) is 2.27. The quantitative estimate of drug-likeness (QED) is 0.634. The van der Waals surface area contributed by atoms with Gasteiger partial charge in [-0.25, -0.2) is 0 Å². The first-order chi connectivity index (χ1) is 7.02. The Labute approximate surface area is 91.6 Å². The van der Waals surface area contributed by atoms with Crippen LogP contribution in [0, 0.1) is 11.8 Å². The molecule has 0 spiro atoms. The smallest absolute Gasteiger partial charge is 0.306 e. The molecule has 0 aliphatic heterocycles. The van der Waals surface area contributed by atoms with Crippen molar-refractivity contribution < 1.29 is 19.4 Å². The van der Waals surface area contributed by atoms with E-state index in [0.29, 0.717) is 19.6 Å². The van der Waals surface area contributed by atoms with Crippen LogP contribution < -0.4 is 0 Å². The molecule has 0 fully saturated rings. The highest BCUT2D eigenvalue weighted by molar-refractivity contribution is 5.70. The largest absolute Gasteiger partial charge is 0.481 e. The summed E-state index contributed by atoms with van der Waals surface area (Å²) in [6.45, 7) is 8.61. The molecule has 0 rings (SSSR count). The molecule has 1 N–H and O–H groups in total. The standard InChI is InChI=1S/C11H22O4/c1-5-14-10(15-6-2)7-9(8(3)4)11(12)13/h8-10H,5-7H2,1-4H3,(H,12,13)/t9-/m0/s1. The van der Waals surface area contributed by atoms with Crippen LogP contribution in [0.25, 0.3) is 0 Å². The van der Waals surface area contributed by atoms with Crippen LogP contribution in [0.4, 0.5) is 0 Å². The first-order valence-electron chi connectivity index (χ1n) is 5.48. The molecule has 4 heteroatoms. The molecule has 1 atom stereocenters. The number of aliphatic carboxylic acids is 1. The number of hydrogen-bond acceptors (Lipinski definition) is 3. The summed E-state index contributed by atoms with van der Waals surface area (Å²) < 4.78 is 10.7. The SMILES string of the molecule is CCOC(C[C@H](C(=O)O)C(C)C)OCC. The Morgan fingerprint density at radius 3 is 1.93 bits per heavy atom. The Bertz CT molecular complexity index is 173. The van der Waals surface area contributed by atoms with Crippen molar-refractivity contribution >= 4 is 5.97 Å². The van der Waals surface area contributed by atoms with Crippen molar-refractivity contribution in [2.24, 2.45) is 11.8 Å². The molecule has 0 amide bonds. The van der Waals surface area contributed by atoms with Crippen LogP contribution in [0.3, 0.4) is 0 Å². The van der Waals surface area contributed by atoms with Gasteiger partial charge < -0.3 is 14.6 Å². The summed E-state index contributed by atoms with van der Waals surface area (Å²) >= 11 is 0. The molecule has 0 radical (unpaired) electrons. The van der Waals surface area contributed by atoms with E-state index < -0.39 is 18.2 Å². The highest BCUT2D eigenvalue weighted by Gasteiger charge is 2.26. The summed E-state index contributed by atoms with van der Waals surface area (Å²) in [5, 5.41) is 9.02. The van der Waals surface area contributed by atoms with Gasteiger partial charge in [-0.15, -0.1) is 0 Å². The zero-order valence-electron chi connectivity index (χ0n) is 10.0. The molecule has 4 nitrogen and oxygen atoms in total. The molecule has 0 aromatic carbocycles. The second-order valence-electron chi connectivity index (χ2n) is 3.76. The Hall–Kier alpha value is -0.610. The second kappa shape index (κ2) is 7.65. The van der Waals surface area contributed by atoms with Crippen molar-refractivity contribution in [3.8, 4) is 0 Å². The van der Waals surface area contributed by atoms with Crippen molar-refractivity contribution in [2.45, 2.75) is 40.4 Å². The summed E-state index contributed by atoms with van der Waals surface area (Å²) in [5.41, 5.74) is 0. The van der Waals surface area contributed by atoms with Gasteiger partial charge in [-0.05, 0) is 19.8 Å². The van der Waals surface area contributed by atoms with E-state index in [1.807, 2.05) is 27.7 Å². The summed E-state index contributed by atoms with van der Waals surface area (Å²) in [6, 6.07) is 0. The average molecular weight is 218 g/mol. The lowest BCUT2D eigenvalue weighted by Gasteiger charge is -2.23. The van der Waals surface area contributed by atoms with E-state index in [2.05, 4.69) is 0 Å². The number of carboxylic acids is 1. The molecular weight excluding hydrogens is 196 g/mol. The molecule has 0 unspecified atom stereocenters. The number of rotatable bonds is 8. The fraction of sp³-hybridized carbons (Fsp3) is 0.909. The monoisotopic (exact) mass is 218 g/mol. The Morgan fingerprint density at radius 2 is 1.67 bits per heavy atom. The summed E-state index contributed by atoms with van der Waals surface area (Å²) in [5.74, 6) is -1.10. The molecule has 0 aliphatic rings. The van der Waals surface area contributed by atoms with Crippen LogP contribution in [0.1, 0.15) is 34.1 Å². The molecular formula is C11H22O4. The van der Waals surface area contributed by atoms with Gasteiger partial charge in [-0.1, -0.05) is 13.8 Å². The van der Waals surface area contributed by atoms with E-state index in [9.17, 15) is 4.79 Å². The molecule has 15 heavy (non-hydrogen) atoms. The van der Waals surface area contributed by atoms with E-state index in [-0.39, 0.29) is 5.92 Å². The first-order valence-corrected chi connectivity index (χ1v) is 5.48. The number of carboxylic acid groups (broad SMARTS) is 1. The topological polar surface area (TPSA) is 55.8 Å². The van der Waals surface area contributed by atoms with Gasteiger partial charge >= 0.3 is 5.97 Å². The van der Waals surface area contributed by atoms with E-state index in [1.165, 1.54) is 0 Å². The summed E-state index contributed by atoms with van der Waals surface area (Å²) in [6.07, 6.45) is 0.0119. The van der Waals surface area contributed by atoms with Crippen molar-refractivity contribution in [1.29, 1.82) is 0 Å². The van der Waals surface area contributed by atoms with Crippen molar-refractivity contribution in [3.05, 3.63) is 0 Å². The lowest BCUT2D eigenvalue weighted by molar-refractivity contribution is -0.163. The molecule has 0 aromatic heterocycles. The predicted octanol–water partition coefficient (Wildman–Crippen LogP) is 2.13. The van der Waals surface area contributed by atoms with Gasteiger partial charge in [0.2, 0.25) is 0 Å². The van der Waals surface area contributed by atoms with Gasteiger partial charge in [0.15, 0.2) is 6.29 Å². The molecule has 90 valence electrons. The number of hydrogen-bond donors (Lipinski definition) is 1. The molecule has 0 heterocycles. The fourth-order valence-electron chi connectivity index (χ4n) is 1.42. The Kier molecular flexibility index (Phi) is 7.34. The number of carbonyl (C=O) groups is 1.